The molecule has 0 bridgehead atoms. The van der Waals surface area contributed by atoms with Gasteiger partial charge in [0.2, 0.25) is 0 Å². The van der Waals surface area contributed by atoms with E-state index in [1.54, 1.807) is 6.92 Å². The van der Waals surface area contributed by atoms with Crippen LogP contribution >= 0.6 is 8.69 Å². The van der Waals surface area contributed by atoms with Crippen LogP contribution in [0.2, 0.25) is 0 Å². The summed E-state index contributed by atoms with van der Waals surface area (Å²) in [6.07, 6.45) is 0. The van der Waals surface area contributed by atoms with E-state index >= 15 is 0 Å². The molecule has 0 aliphatic rings. The fourth-order valence-corrected chi connectivity index (χ4v) is 0. The van der Waals surface area contributed by atoms with Gasteiger partial charge in [0, 0.05) is 0 Å². The summed E-state index contributed by atoms with van der Waals surface area (Å²) < 4.78 is 8.35. The van der Waals surface area contributed by atoms with E-state index < -0.39 is 8.69 Å². The maximum atomic E-state index is 8.35. The van der Waals surface area contributed by atoms with Gasteiger partial charge in [-0.3, -0.25) is 4.57 Å². The van der Waals surface area contributed by atoms with E-state index in [9.17, 15) is 0 Å². The zero-order valence-electron chi connectivity index (χ0n) is 3.68. The Morgan fingerprint density at radius 1 is 1.67 bits per heavy atom. The normalized spacial score (nSPS) is 4.50. The van der Waals surface area contributed by atoms with Crippen molar-refractivity contribution in [1.82, 2.24) is 0 Å². The minimum Gasteiger partial charge on any atom is -0.772 e. The Morgan fingerprint density at radius 2 is 1.67 bits per heavy atom. The van der Waals surface area contributed by atoms with Crippen molar-refractivity contribution in [3.63, 3.8) is 0 Å². The second-order valence-electron chi connectivity index (χ2n) is 0.0745. The van der Waals surface area contributed by atoms with E-state index in [2.05, 4.69) is 6.92 Å². The van der Waals surface area contributed by atoms with E-state index in [0.29, 0.717) is 0 Å². The molecule has 4 heteroatoms. The molecule has 0 aromatic carbocycles. The Labute approximate surface area is 52.0 Å². The molecule has 0 aromatic heterocycles. The third-order valence-corrected chi connectivity index (χ3v) is 0. The Kier molecular flexibility index (Phi) is 117. The van der Waals surface area contributed by atoms with Crippen LogP contribution in [0.1, 0.15) is 6.92 Å². The first-order valence-electron chi connectivity index (χ1n) is 1.07. The number of hydrogen-bond acceptors (Lipinski definition) is 2. The van der Waals surface area contributed by atoms with Gasteiger partial charge in [-0.15, -0.1) is 0 Å². The first-order chi connectivity index (χ1) is 2.41. The van der Waals surface area contributed by atoms with Gasteiger partial charge in [0.1, 0.15) is 0 Å². The summed E-state index contributed by atoms with van der Waals surface area (Å²) in [5.41, 5.74) is 0. The fraction of sp³-hybridized carbons (Fsp3) is 0.500. The minimum absolute atomic E-state index is 0. The molecule has 2 nitrogen and oxygen atoms in total. The molecule has 0 spiro atoms. The van der Waals surface area contributed by atoms with Gasteiger partial charge in [-0.05, 0) is 0 Å². The van der Waals surface area contributed by atoms with Crippen molar-refractivity contribution in [2.75, 3.05) is 0 Å². The molecule has 32 valence electrons. The second-order valence-corrected chi connectivity index (χ2v) is 0.224. The molecule has 0 N–H and O–H groups in total. The molecule has 0 atom stereocenters. The molecule has 0 aliphatic carbocycles. The third kappa shape index (κ3) is 136. The Balaban J connectivity index is -0.0000000275. The van der Waals surface area contributed by atoms with Gasteiger partial charge in [0.15, 0.2) is 0 Å². The van der Waals surface area contributed by atoms with Crippen LogP contribution in [-0.4, -0.2) is 0 Å². The SMILES string of the molecule is O=P[O-].[CH2-]C.[Zn+2]. The van der Waals surface area contributed by atoms with Crippen molar-refractivity contribution in [3.05, 3.63) is 6.92 Å². The zero-order valence-corrected chi connectivity index (χ0v) is 7.54. The van der Waals surface area contributed by atoms with Crippen LogP contribution in [0.15, 0.2) is 0 Å². The first kappa shape index (κ1) is 15.9. The molecule has 0 saturated carbocycles. The summed E-state index contributed by atoms with van der Waals surface area (Å²) in [5.74, 6) is 0. The van der Waals surface area contributed by atoms with Gasteiger partial charge in [-0.25, -0.2) is 0 Å². The van der Waals surface area contributed by atoms with Gasteiger partial charge in [0.25, 0.3) is 0 Å². The molecular formula is C2H5O2PZn. The summed E-state index contributed by atoms with van der Waals surface area (Å²) in [6, 6.07) is 0. The Morgan fingerprint density at radius 3 is 1.67 bits per heavy atom. The zero-order chi connectivity index (χ0) is 4.71. The summed E-state index contributed by atoms with van der Waals surface area (Å²) in [5, 5.41) is 0. The molecule has 0 aromatic rings. The van der Waals surface area contributed by atoms with Gasteiger partial charge >= 0.3 is 19.5 Å². The van der Waals surface area contributed by atoms with Gasteiger partial charge in [0.05, 0.1) is 8.69 Å². The van der Waals surface area contributed by atoms with E-state index in [1.807, 2.05) is 0 Å². The molecule has 0 aliphatic heterocycles. The molecule has 0 rings (SSSR count). The van der Waals surface area contributed by atoms with E-state index in [4.69, 9.17) is 9.46 Å². The quantitative estimate of drug-likeness (QED) is 0.290. The topological polar surface area (TPSA) is 40.1 Å². The van der Waals surface area contributed by atoms with Crippen molar-refractivity contribution in [3.8, 4) is 0 Å². The van der Waals surface area contributed by atoms with Crippen molar-refractivity contribution in [2.24, 2.45) is 0 Å². The van der Waals surface area contributed by atoms with Gasteiger partial charge in [-0.1, -0.05) is 0 Å². The molecule has 0 unspecified atom stereocenters. The van der Waals surface area contributed by atoms with Crippen LogP contribution in [0.4, 0.5) is 0 Å². The van der Waals surface area contributed by atoms with Crippen molar-refractivity contribution in [1.29, 1.82) is 0 Å². The maximum absolute atomic E-state index is 8.35. The predicted octanol–water partition coefficient (Wildman–Crippen LogP) is 0.391. The van der Waals surface area contributed by atoms with Crippen LogP contribution in [0.25, 0.3) is 0 Å². The summed E-state index contributed by atoms with van der Waals surface area (Å²) in [6.45, 7) is 5.00. The van der Waals surface area contributed by atoms with Crippen LogP contribution < -0.4 is 4.89 Å². The van der Waals surface area contributed by atoms with E-state index in [-0.39, 0.29) is 19.5 Å². The average Bonchev–Trinajstić information content (AvgIpc) is 1.46. The van der Waals surface area contributed by atoms with Gasteiger partial charge in [-0.2, -0.15) is 6.92 Å². The van der Waals surface area contributed by atoms with Crippen LogP contribution in [0.5, 0.6) is 0 Å². The smallest absolute Gasteiger partial charge is 0.772 e. The van der Waals surface area contributed by atoms with E-state index in [0.717, 1.165) is 0 Å². The molecule has 0 heterocycles. The minimum atomic E-state index is -1.08. The van der Waals surface area contributed by atoms with Crippen LogP contribution in [0.3, 0.4) is 0 Å². The summed E-state index contributed by atoms with van der Waals surface area (Å²) >= 11 is 0. The largest absolute Gasteiger partial charge is 2.00 e. The van der Waals surface area contributed by atoms with Crippen molar-refractivity contribution >= 4 is 8.69 Å². The summed E-state index contributed by atoms with van der Waals surface area (Å²) in [7, 11) is -1.08. The molecule has 0 amide bonds. The predicted molar refractivity (Wildman–Crippen MR) is 18.6 cm³/mol. The van der Waals surface area contributed by atoms with Crippen LogP contribution in [0, 0.1) is 6.92 Å². The second kappa shape index (κ2) is 44.0. The van der Waals surface area contributed by atoms with Crippen molar-refractivity contribution in [2.45, 2.75) is 6.92 Å². The average molecular weight is 157 g/mol. The van der Waals surface area contributed by atoms with Gasteiger partial charge < -0.3 is 11.8 Å². The number of rotatable bonds is 0. The molecular weight excluding hydrogens is 152 g/mol. The van der Waals surface area contributed by atoms with E-state index in [1.165, 1.54) is 0 Å². The first-order valence-corrected chi connectivity index (χ1v) is 1.80. The molecule has 0 saturated heterocycles. The Bertz CT molecular complexity index is 19.0. The third-order valence-electron chi connectivity index (χ3n) is 0. The van der Waals surface area contributed by atoms with Crippen LogP contribution in [-0.2, 0) is 24.0 Å². The van der Waals surface area contributed by atoms with Crippen molar-refractivity contribution < 1.29 is 28.9 Å². The monoisotopic (exact) mass is 156 g/mol. The standard InChI is InChI=1S/C2H5.HO2P.Zn/c1-2;1-3-2;/h1H2,2H3;(H,1,2);/q-1;;+2/p-1. The molecule has 6 heavy (non-hydrogen) atoms. The fourth-order valence-electron chi connectivity index (χ4n) is 0. The summed E-state index contributed by atoms with van der Waals surface area (Å²) in [4.78, 5) is 8.35. The molecule has 0 fully saturated rings. The number of hydrogen-bond donors (Lipinski definition) is 0. The Hall–Kier alpha value is 0.683. The molecule has 0 radical (unpaired) electrons. The maximum Gasteiger partial charge on any atom is 2.00 e.